The van der Waals surface area contributed by atoms with E-state index >= 15 is 0 Å². The first-order valence-corrected chi connectivity index (χ1v) is 8.77. The number of benzene rings is 1. The zero-order valence-electron chi connectivity index (χ0n) is 15.8. The second-order valence-corrected chi connectivity index (χ2v) is 6.63. The molecule has 1 aromatic rings. The van der Waals surface area contributed by atoms with Crippen molar-refractivity contribution in [2.24, 2.45) is 5.92 Å². The van der Waals surface area contributed by atoms with Gasteiger partial charge in [-0.05, 0) is 30.2 Å². The van der Waals surface area contributed by atoms with Crippen LogP contribution in [0.2, 0.25) is 0 Å². The minimum absolute atomic E-state index is 0. The Balaban J connectivity index is -0.000000119. The third kappa shape index (κ3) is 24.6. The molecular weight excluding hydrogens is 352 g/mol. The fraction of sp³-hybridized carbons (Fsp3) is 0.708. The summed E-state index contributed by atoms with van der Waals surface area (Å²) in [7, 11) is 0. The largest absolute Gasteiger partial charge is 0.463 e. The van der Waals surface area contributed by atoms with E-state index in [-0.39, 0.29) is 48.9 Å². The van der Waals surface area contributed by atoms with Crippen LogP contribution in [0.4, 0.5) is 0 Å². The number of aliphatic hydroxyl groups excluding tert-OH is 1. The summed E-state index contributed by atoms with van der Waals surface area (Å²) in [5.41, 5.74) is 1.41. The van der Waals surface area contributed by atoms with Crippen molar-refractivity contribution in [3.8, 4) is 0 Å². The maximum atomic E-state index is 10.4. The third-order valence-electron chi connectivity index (χ3n) is 3.33. The lowest BCUT2D eigenvalue weighted by atomic mass is 10.0. The molecule has 4 nitrogen and oxygen atoms in total. The van der Waals surface area contributed by atoms with Crippen molar-refractivity contribution in [2.45, 2.75) is 89.2 Å². The first-order chi connectivity index (χ1) is 11.3. The topological polar surface area (TPSA) is 55.8 Å². The van der Waals surface area contributed by atoms with Gasteiger partial charge in [0.1, 0.15) is 12.7 Å². The van der Waals surface area contributed by atoms with Gasteiger partial charge in [-0.1, -0.05) is 87.7 Å². The lowest BCUT2D eigenvalue weighted by Gasteiger charge is -2.11. The molecule has 1 N–H and O–H groups in total. The second-order valence-electron chi connectivity index (χ2n) is 6.63. The highest BCUT2D eigenvalue weighted by molar-refractivity contribution is 5.65. The molecule has 170 valence electrons. The number of hydrogen-bond acceptors (Lipinski definition) is 4. The van der Waals surface area contributed by atoms with E-state index in [1.807, 2.05) is 6.07 Å². The Labute approximate surface area is 176 Å². The molecule has 1 atom stereocenters. The maximum Gasteiger partial charge on any atom is 0.302 e. The van der Waals surface area contributed by atoms with Gasteiger partial charge < -0.3 is 14.6 Å². The van der Waals surface area contributed by atoms with Crippen LogP contribution in [0.1, 0.15) is 88.6 Å². The standard InChI is InChI=1S/C11H22O4.C9H12.4CH4/c1-9(2)5-4-6-14-7-11(13)8-15-10(3)12;1-8(2)9-6-4-3-5-7-9;;;;/h9,11,13H,4-8H2,1-3H3;3-8H,1-2H3;4*1H4. The van der Waals surface area contributed by atoms with Crippen LogP contribution in [-0.4, -0.2) is 37.0 Å². The number of rotatable bonds is 9. The van der Waals surface area contributed by atoms with Gasteiger partial charge in [-0.25, -0.2) is 0 Å². The molecule has 0 aliphatic heterocycles. The van der Waals surface area contributed by atoms with Crippen molar-refractivity contribution in [1.29, 1.82) is 0 Å². The van der Waals surface area contributed by atoms with Gasteiger partial charge >= 0.3 is 5.97 Å². The van der Waals surface area contributed by atoms with E-state index in [0.717, 1.165) is 12.8 Å². The number of carbonyl (C=O) groups excluding carboxylic acids is 1. The zero-order chi connectivity index (χ0) is 18.4. The highest BCUT2D eigenvalue weighted by atomic mass is 16.5. The normalized spacial score (nSPS) is 10.1. The smallest absolute Gasteiger partial charge is 0.302 e. The Morgan fingerprint density at radius 3 is 1.89 bits per heavy atom. The SMILES string of the molecule is C.C.C.C.CC(=O)OCC(O)COCCCC(C)C.CC(C)c1ccccc1. The lowest BCUT2D eigenvalue weighted by Crippen LogP contribution is -2.23. The van der Waals surface area contributed by atoms with Crippen LogP contribution in [0.5, 0.6) is 0 Å². The molecule has 1 rings (SSSR count). The summed E-state index contributed by atoms with van der Waals surface area (Å²) >= 11 is 0. The van der Waals surface area contributed by atoms with Crippen LogP contribution >= 0.6 is 0 Å². The minimum Gasteiger partial charge on any atom is -0.463 e. The molecular formula is C24H50O4. The summed E-state index contributed by atoms with van der Waals surface area (Å²) in [6.07, 6.45) is 1.41. The molecule has 0 radical (unpaired) electrons. The predicted molar refractivity (Wildman–Crippen MR) is 125 cm³/mol. The van der Waals surface area contributed by atoms with E-state index in [9.17, 15) is 9.90 Å². The quantitative estimate of drug-likeness (QED) is 0.368. The Kier molecular flexibility index (Phi) is 31.6. The van der Waals surface area contributed by atoms with Crippen LogP contribution in [0.25, 0.3) is 0 Å². The van der Waals surface area contributed by atoms with Crippen molar-refractivity contribution < 1.29 is 19.4 Å². The van der Waals surface area contributed by atoms with Crippen molar-refractivity contribution in [3.63, 3.8) is 0 Å². The molecule has 0 saturated heterocycles. The number of carbonyl (C=O) groups is 1. The summed E-state index contributed by atoms with van der Waals surface area (Å²) in [5.74, 6) is 0.958. The van der Waals surface area contributed by atoms with Gasteiger partial charge in [0.25, 0.3) is 0 Å². The van der Waals surface area contributed by atoms with E-state index < -0.39 is 6.10 Å². The number of esters is 1. The minimum atomic E-state index is -0.715. The highest BCUT2D eigenvalue weighted by Gasteiger charge is 2.06. The second kappa shape index (κ2) is 23.6. The van der Waals surface area contributed by atoms with Crippen LogP contribution in [-0.2, 0) is 14.3 Å². The average Bonchev–Trinajstić information content (AvgIpc) is 2.53. The van der Waals surface area contributed by atoms with Crippen molar-refractivity contribution in [3.05, 3.63) is 35.9 Å². The van der Waals surface area contributed by atoms with Crippen molar-refractivity contribution in [2.75, 3.05) is 19.8 Å². The van der Waals surface area contributed by atoms with Gasteiger partial charge in [0, 0.05) is 13.5 Å². The molecule has 1 aromatic carbocycles. The van der Waals surface area contributed by atoms with Gasteiger partial charge in [0.15, 0.2) is 0 Å². The molecule has 0 aromatic heterocycles. The van der Waals surface area contributed by atoms with E-state index in [0.29, 0.717) is 18.4 Å². The van der Waals surface area contributed by atoms with Crippen LogP contribution in [0.3, 0.4) is 0 Å². The monoisotopic (exact) mass is 402 g/mol. The summed E-state index contributed by atoms with van der Waals surface area (Å²) in [6.45, 7) is 10.9. The molecule has 4 heteroatoms. The molecule has 0 saturated carbocycles. The van der Waals surface area contributed by atoms with Crippen LogP contribution < -0.4 is 0 Å². The Hall–Kier alpha value is -1.39. The molecule has 0 amide bonds. The fourth-order valence-corrected chi connectivity index (χ4v) is 1.91. The number of ether oxygens (including phenoxy) is 2. The summed E-state index contributed by atoms with van der Waals surface area (Å²) in [6, 6.07) is 10.5. The summed E-state index contributed by atoms with van der Waals surface area (Å²) in [5, 5.41) is 9.30. The van der Waals surface area contributed by atoms with Gasteiger partial charge in [-0.2, -0.15) is 0 Å². The van der Waals surface area contributed by atoms with Crippen molar-refractivity contribution in [1.82, 2.24) is 0 Å². The van der Waals surface area contributed by atoms with Crippen LogP contribution in [0, 0.1) is 5.92 Å². The Bertz CT molecular complexity index is 416. The van der Waals surface area contributed by atoms with Gasteiger partial charge in [-0.3, -0.25) is 4.79 Å². The summed E-state index contributed by atoms with van der Waals surface area (Å²) < 4.78 is 9.87. The Morgan fingerprint density at radius 2 is 1.50 bits per heavy atom. The molecule has 28 heavy (non-hydrogen) atoms. The molecule has 0 bridgehead atoms. The first kappa shape index (κ1) is 37.4. The molecule has 0 spiro atoms. The van der Waals surface area contributed by atoms with Gasteiger partial charge in [-0.15, -0.1) is 0 Å². The molecule has 0 aliphatic carbocycles. The average molecular weight is 403 g/mol. The van der Waals surface area contributed by atoms with E-state index in [1.165, 1.54) is 12.5 Å². The van der Waals surface area contributed by atoms with Crippen molar-refractivity contribution >= 4 is 5.97 Å². The van der Waals surface area contributed by atoms with E-state index in [1.54, 1.807) is 0 Å². The molecule has 0 fully saturated rings. The number of hydrogen-bond donors (Lipinski definition) is 1. The maximum absolute atomic E-state index is 10.4. The fourth-order valence-electron chi connectivity index (χ4n) is 1.91. The summed E-state index contributed by atoms with van der Waals surface area (Å²) in [4.78, 5) is 10.4. The first-order valence-electron chi connectivity index (χ1n) is 8.77. The van der Waals surface area contributed by atoms with E-state index in [2.05, 4.69) is 56.7 Å². The zero-order valence-corrected chi connectivity index (χ0v) is 15.8. The van der Waals surface area contributed by atoms with Gasteiger partial charge in [0.05, 0.1) is 6.61 Å². The highest BCUT2D eigenvalue weighted by Crippen LogP contribution is 2.11. The van der Waals surface area contributed by atoms with E-state index in [4.69, 9.17) is 4.74 Å². The van der Waals surface area contributed by atoms with Gasteiger partial charge in [0.2, 0.25) is 0 Å². The third-order valence-corrected chi connectivity index (χ3v) is 3.33. The molecule has 0 heterocycles. The van der Waals surface area contributed by atoms with Crippen LogP contribution in [0.15, 0.2) is 30.3 Å². The predicted octanol–water partition coefficient (Wildman–Crippen LogP) is 6.72. The molecule has 1 unspecified atom stereocenters. The Morgan fingerprint density at radius 1 is 0.964 bits per heavy atom. The molecule has 0 aliphatic rings. The number of aliphatic hydroxyl groups is 1. The lowest BCUT2D eigenvalue weighted by molar-refractivity contribution is -0.145.